The molecular formula is C11H11BrN2O3. The highest BCUT2D eigenvalue weighted by atomic mass is 79.9. The Kier molecular flexibility index (Phi) is 4.94. The summed E-state index contributed by atoms with van der Waals surface area (Å²) in [6.07, 6.45) is -0.905. The zero-order valence-electron chi connectivity index (χ0n) is 9.11. The fraction of sp³-hybridized carbons (Fsp3) is 0.273. The zero-order valence-corrected chi connectivity index (χ0v) is 10.7. The number of nitrogens with zero attached hydrogens (tertiary/aromatic N) is 1. The second kappa shape index (κ2) is 6.23. The van der Waals surface area contributed by atoms with E-state index >= 15 is 0 Å². The Labute approximate surface area is 107 Å². The van der Waals surface area contributed by atoms with Crippen molar-refractivity contribution >= 4 is 27.6 Å². The Morgan fingerprint density at radius 2 is 2.41 bits per heavy atom. The molecular weight excluding hydrogens is 288 g/mol. The van der Waals surface area contributed by atoms with Crippen LogP contribution < -0.4 is 5.32 Å². The van der Waals surface area contributed by atoms with Gasteiger partial charge in [-0.15, -0.1) is 0 Å². The van der Waals surface area contributed by atoms with Crippen LogP contribution in [0, 0.1) is 11.3 Å². The largest absolute Gasteiger partial charge is 0.479 e. The summed E-state index contributed by atoms with van der Waals surface area (Å²) in [7, 11) is 1.34. The van der Waals surface area contributed by atoms with Crippen molar-refractivity contribution in [2.45, 2.75) is 6.10 Å². The molecule has 1 atom stereocenters. The molecule has 90 valence electrons. The van der Waals surface area contributed by atoms with Gasteiger partial charge in [0, 0.05) is 17.3 Å². The lowest BCUT2D eigenvalue weighted by Gasteiger charge is -2.13. The van der Waals surface area contributed by atoms with E-state index in [1.165, 1.54) is 7.11 Å². The summed E-state index contributed by atoms with van der Waals surface area (Å²) in [6.45, 7) is 0.149. The van der Waals surface area contributed by atoms with Gasteiger partial charge in [0.1, 0.15) is 0 Å². The molecule has 0 heterocycles. The maximum absolute atomic E-state index is 10.7. The summed E-state index contributed by atoms with van der Waals surface area (Å²) < 4.78 is 5.49. The minimum absolute atomic E-state index is 0.149. The summed E-state index contributed by atoms with van der Waals surface area (Å²) in [5.74, 6) is -1.02. The lowest BCUT2D eigenvalue weighted by molar-refractivity contribution is -0.147. The van der Waals surface area contributed by atoms with Gasteiger partial charge in [0.05, 0.1) is 18.2 Å². The van der Waals surface area contributed by atoms with Crippen LogP contribution in [0.3, 0.4) is 0 Å². The van der Waals surface area contributed by atoms with Crippen LogP contribution in [0.15, 0.2) is 22.7 Å². The van der Waals surface area contributed by atoms with Gasteiger partial charge in [-0.1, -0.05) is 0 Å². The van der Waals surface area contributed by atoms with E-state index in [1.807, 2.05) is 6.07 Å². The van der Waals surface area contributed by atoms with E-state index in [9.17, 15) is 4.79 Å². The molecule has 0 fully saturated rings. The summed E-state index contributed by atoms with van der Waals surface area (Å²) in [6, 6.07) is 7.02. The van der Waals surface area contributed by atoms with Gasteiger partial charge in [-0.3, -0.25) is 0 Å². The molecule has 1 aromatic rings. The van der Waals surface area contributed by atoms with Gasteiger partial charge in [0.15, 0.2) is 6.10 Å². The highest BCUT2D eigenvalue weighted by Crippen LogP contribution is 2.23. The molecule has 0 radical (unpaired) electrons. The average Bonchev–Trinajstić information content (AvgIpc) is 2.31. The van der Waals surface area contributed by atoms with E-state index in [1.54, 1.807) is 18.2 Å². The van der Waals surface area contributed by atoms with Crippen molar-refractivity contribution in [3.63, 3.8) is 0 Å². The molecule has 1 rings (SSSR count). The number of benzene rings is 1. The van der Waals surface area contributed by atoms with E-state index in [-0.39, 0.29) is 6.54 Å². The number of aliphatic carboxylic acids is 1. The standard InChI is InChI=1S/C11H11BrN2O3/c1-17-10(11(15)16)6-14-9-3-2-7(5-13)4-8(9)12/h2-4,10,14H,6H2,1H3,(H,15,16). The maximum atomic E-state index is 10.7. The Bertz CT molecular complexity index is 457. The number of nitrogens with one attached hydrogen (secondary N) is 1. The van der Waals surface area contributed by atoms with Crippen LogP contribution in [-0.2, 0) is 9.53 Å². The molecule has 6 heteroatoms. The molecule has 0 amide bonds. The van der Waals surface area contributed by atoms with Gasteiger partial charge in [0.25, 0.3) is 0 Å². The second-order valence-electron chi connectivity index (χ2n) is 3.25. The Morgan fingerprint density at radius 1 is 1.71 bits per heavy atom. The number of ether oxygens (including phenoxy) is 1. The molecule has 0 aromatic heterocycles. The minimum atomic E-state index is -1.02. The van der Waals surface area contributed by atoms with E-state index in [0.717, 1.165) is 0 Å². The normalized spacial score (nSPS) is 11.6. The summed E-state index contributed by atoms with van der Waals surface area (Å²) in [5.41, 5.74) is 1.25. The predicted octanol–water partition coefficient (Wildman–Crippen LogP) is 1.83. The van der Waals surface area contributed by atoms with Crippen molar-refractivity contribution in [3.05, 3.63) is 28.2 Å². The number of halogens is 1. The van der Waals surface area contributed by atoms with Gasteiger partial charge < -0.3 is 15.2 Å². The van der Waals surface area contributed by atoms with Gasteiger partial charge in [0.2, 0.25) is 0 Å². The summed E-state index contributed by atoms with van der Waals surface area (Å²) in [4.78, 5) is 10.7. The molecule has 0 saturated carbocycles. The number of rotatable bonds is 5. The number of methoxy groups -OCH3 is 1. The van der Waals surface area contributed by atoms with Crippen molar-refractivity contribution in [1.82, 2.24) is 0 Å². The monoisotopic (exact) mass is 298 g/mol. The first-order valence-corrected chi connectivity index (χ1v) is 5.57. The van der Waals surface area contributed by atoms with E-state index in [2.05, 4.69) is 21.2 Å². The van der Waals surface area contributed by atoms with Crippen LogP contribution in [0.2, 0.25) is 0 Å². The van der Waals surface area contributed by atoms with Crippen LogP contribution in [-0.4, -0.2) is 30.8 Å². The third kappa shape index (κ3) is 3.73. The molecule has 0 bridgehead atoms. The number of anilines is 1. The third-order valence-electron chi connectivity index (χ3n) is 2.14. The lowest BCUT2D eigenvalue weighted by Crippen LogP contribution is -2.30. The first kappa shape index (κ1) is 13.5. The molecule has 2 N–H and O–H groups in total. The van der Waals surface area contributed by atoms with Crippen molar-refractivity contribution < 1.29 is 14.6 Å². The summed E-state index contributed by atoms with van der Waals surface area (Å²) in [5, 5.41) is 20.4. The van der Waals surface area contributed by atoms with Crippen LogP contribution in [0.5, 0.6) is 0 Å². The van der Waals surface area contributed by atoms with E-state index in [4.69, 9.17) is 15.1 Å². The second-order valence-corrected chi connectivity index (χ2v) is 4.10. The number of hydrogen-bond donors (Lipinski definition) is 2. The van der Waals surface area contributed by atoms with Gasteiger partial charge in [-0.25, -0.2) is 4.79 Å². The van der Waals surface area contributed by atoms with Crippen molar-refractivity contribution in [3.8, 4) is 6.07 Å². The van der Waals surface area contributed by atoms with Gasteiger partial charge in [-0.05, 0) is 34.1 Å². The number of carboxylic acids is 1. The molecule has 5 nitrogen and oxygen atoms in total. The van der Waals surface area contributed by atoms with Gasteiger partial charge in [-0.2, -0.15) is 5.26 Å². The quantitative estimate of drug-likeness (QED) is 0.866. The van der Waals surface area contributed by atoms with E-state index in [0.29, 0.717) is 15.7 Å². The van der Waals surface area contributed by atoms with Crippen LogP contribution in [0.4, 0.5) is 5.69 Å². The molecule has 1 unspecified atom stereocenters. The number of carbonyl (C=O) groups is 1. The van der Waals surface area contributed by atoms with Crippen LogP contribution >= 0.6 is 15.9 Å². The van der Waals surface area contributed by atoms with Crippen LogP contribution in [0.25, 0.3) is 0 Å². The highest BCUT2D eigenvalue weighted by Gasteiger charge is 2.16. The molecule has 1 aromatic carbocycles. The fourth-order valence-corrected chi connectivity index (χ4v) is 1.72. The Morgan fingerprint density at radius 3 is 2.88 bits per heavy atom. The first-order chi connectivity index (χ1) is 8.08. The number of hydrogen-bond acceptors (Lipinski definition) is 4. The van der Waals surface area contributed by atoms with Crippen LogP contribution in [0.1, 0.15) is 5.56 Å². The maximum Gasteiger partial charge on any atom is 0.334 e. The molecule has 0 spiro atoms. The zero-order chi connectivity index (χ0) is 12.8. The molecule has 0 saturated heterocycles. The van der Waals surface area contributed by atoms with Crippen molar-refractivity contribution in [2.75, 3.05) is 19.0 Å². The van der Waals surface area contributed by atoms with Crippen molar-refractivity contribution in [2.24, 2.45) is 0 Å². The fourth-order valence-electron chi connectivity index (χ4n) is 1.20. The van der Waals surface area contributed by atoms with Crippen molar-refractivity contribution in [1.29, 1.82) is 5.26 Å². The predicted molar refractivity (Wildman–Crippen MR) is 65.8 cm³/mol. The minimum Gasteiger partial charge on any atom is -0.479 e. The van der Waals surface area contributed by atoms with Gasteiger partial charge >= 0.3 is 5.97 Å². The number of carboxylic acid groups (broad SMARTS) is 1. The average molecular weight is 299 g/mol. The topological polar surface area (TPSA) is 82.3 Å². The van der Waals surface area contributed by atoms with E-state index < -0.39 is 12.1 Å². The highest BCUT2D eigenvalue weighted by molar-refractivity contribution is 9.10. The lowest BCUT2D eigenvalue weighted by atomic mass is 10.2. The molecule has 0 aliphatic heterocycles. The SMILES string of the molecule is COC(CNc1ccc(C#N)cc1Br)C(=O)O. The molecule has 17 heavy (non-hydrogen) atoms. The first-order valence-electron chi connectivity index (χ1n) is 4.77. The molecule has 0 aliphatic rings. The molecule has 0 aliphatic carbocycles. The smallest absolute Gasteiger partial charge is 0.334 e. The summed E-state index contributed by atoms with van der Waals surface area (Å²) >= 11 is 3.30. The Hall–Kier alpha value is -1.58. The number of nitriles is 1. The third-order valence-corrected chi connectivity index (χ3v) is 2.79. The Balaban J connectivity index is 2.70.